The van der Waals surface area contributed by atoms with Crippen LogP contribution in [0.1, 0.15) is 12.8 Å². The molecule has 1 fully saturated rings. The molecule has 1 saturated heterocycles. The Morgan fingerprint density at radius 1 is 1.39 bits per heavy atom. The molecular formula is C14H19N3O4S2. The highest BCUT2D eigenvalue weighted by Gasteiger charge is 2.36. The zero-order chi connectivity index (χ0) is 16.9. The molecule has 1 aromatic heterocycles. The highest BCUT2D eigenvalue weighted by atomic mass is 32.2. The lowest BCUT2D eigenvalue weighted by Gasteiger charge is -2.23. The maximum absolute atomic E-state index is 12.6. The highest BCUT2D eigenvalue weighted by Crippen LogP contribution is 2.28. The van der Waals surface area contributed by atoms with E-state index in [0.29, 0.717) is 17.2 Å². The van der Waals surface area contributed by atoms with Gasteiger partial charge in [0.2, 0.25) is 0 Å². The molecule has 1 aromatic rings. The summed E-state index contributed by atoms with van der Waals surface area (Å²) in [6.45, 7) is 4.18. The average Bonchev–Trinajstić information content (AvgIpc) is 3.21. The van der Waals surface area contributed by atoms with Crippen LogP contribution in [-0.4, -0.2) is 50.2 Å². The molecule has 0 unspecified atom stereocenters. The second-order valence-corrected chi connectivity index (χ2v) is 8.12. The molecule has 2 heterocycles. The number of hydrogen-bond acceptors (Lipinski definition) is 5. The summed E-state index contributed by atoms with van der Waals surface area (Å²) in [6.07, 6.45) is 2.85. The Morgan fingerprint density at radius 2 is 2.13 bits per heavy atom. The quantitative estimate of drug-likeness (QED) is 0.566. The molecular weight excluding hydrogens is 338 g/mol. The van der Waals surface area contributed by atoms with Gasteiger partial charge >= 0.3 is 11.8 Å². The number of amides is 2. The third-order valence-electron chi connectivity index (χ3n) is 3.49. The van der Waals surface area contributed by atoms with E-state index in [2.05, 4.69) is 17.2 Å². The molecule has 126 valence electrons. The van der Waals surface area contributed by atoms with Gasteiger partial charge in [-0.15, -0.1) is 17.9 Å². The first-order valence-electron chi connectivity index (χ1n) is 7.19. The van der Waals surface area contributed by atoms with Crippen LogP contribution in [0.15, 0.2) is 34.4 Å². The van der Waals surface area contributed by atoms with E-state index in [1.54, 1.807) is 17.5 Å². The minimum atomic E-state index is -3.54. The van der Waals surface area contributed by atoms with E-state index >= 15 is 0 Å². The number of thiophene rings is 1. The predicted octanol–water partition coefficient (Wildman–Crippen LogP) is 0.320. The second kappa shape index (κ2) is 7.71. The Bertz CT molecular complexity index is 670. The largest absolute Gasteiger partial charge is 0.346 e. The minimum Gasteiger partial charge on any atom is -0.346 e. The van der Waals surface area contributed by atoms with Gasteiger partial charge in [0, 0.05) is 25.7 Å². The monoisotopic (exact) mass is 357 g/mol. The van der Waals surface area contributed by atoms with Crippen molar-refractivity contribution in [1.29, 1.82) is 0 Å². The van der Waals surface area contributed by atoms with Crippen molar-refractivity contribution in [3.63, 3.8) is 0 Å². The molecule has 2 rings (SSSR count). The van der Waals surface area contributed by atoms with E-state index in [4.69, 9.17) is 0 Å². The first-order valence-corrected chi connectivity index (χ1v) is 9.51. The molecule has 23 heavy (non-hydrogen) atoms. The Balaban J connectivity index is 1.96. The summed E-state index contributed by atoms with van der Waals surface area (Å²) < 4.78 is 26.8. The summed E-state index contributed by atoms with van der Waals surface area (Å²) >= 11 is 1.17. The maximum Gasteiger partial charge on any atom is 0.309 e. The van der Waals surface area contributed by atoms with Crippen LogP contribution in [0.25, 0.3) is 0 Å². The van der Waals surface area contributed by atoms with Crippen LogP contribution < -0.4 is 10.6 Å². The van der Waals surface area contributed by atoms with Gasteiger partial charge in [0.25, 0.3) is 10.0 Å². The van der Waals surface area contributed by atoms with E-state index in [-0.39, 0.29) is 19.1 Å². The summed E-state index contributed by atoms with van der Waals surface area (Å²) in [5.41, 5.74) is 0. The predicted molar refractivity (Wildman–Crippen MR) is 87.4 cm³/mol. The molecule has 1 aliphatic heterocycles. The fourth-order valence-electron chi connectivity index (χ4n) is 2.39. The third-order valence-corrected chi connectivity index (χ3v) is 6.82. The molecule has 9 heteroatoms. The van der Waals surface area contributed by atoms with Gasteiger partial charge in [-0.2, -0.15) is 4.31 Å². The maximum atomic E-state index is 12.6. The summed E-state index contributed by atoms with van der Waals surface area (Å²) in [4.78, 5) is 23.1. The van der Waals surface area contributed by atoms with Gasteiger partial charge < -0.3 is 10.6 Å². The lowest BCUT2D eigenvalue weighted by Crippen LogP contribution is -2.46. The van der Waals surface area contributed by atoms with Crippen LogP contribution in [0.2, 0.25) is 0 Å². The van der Waals surface area contributed by atoms with Gasteiger partial charge in [-0.1, -0.05) is 12.1 Å². The van der Waals surface area contributed by atoms with Gasteiger partial charge in [-0.3, -0.25) is 9.59 Å². The summed E-state index contributed by atoms with van der Waals surface area (Å²) in [6, 6.07) is 2.92. The fourth-order valence-corrected chi connectivity index (χ4v) is 5.20. The van der Waals surface area contributed by atoms with Crippen molar-refractivity contribution in [2.45, 2.75) is 23.1 Å². The Hall–Kier alpha value is -1.71. The molecule has 0 aromatic carbocycles. The van der Waals surface area contributed by atoms with Crippen molar-refractivity contribution in [3.8, 4) is 0 Å². The zero-order valence-electron chi connectivity index (χ0n) is 12.5. The first-order chi connectivity index (χ1) is 11.0. The van der Waals surface area contributed by atoms with Crippen molar-refractivity contribution in [1.82, 2.24) is 14.9 Å². The van der Waals surface area contributed by atoms with Crippen molar-refractivity contribution < 1.29 is 18.0 Å². The van der Waals surface area contributed by atoms with Gasteiger partial charge in [0.15, 0.2) is 0 Å². The number of carbonyl (C=O) groups excluding carboxylic acids is 2. The average molecular weight is 357 g/mol. The molecule has 7 nitrogen and oxygen atoms in total. The molecule has 1 aliphatic rings. The first kappa shape index (κ1) is 17.6. The highest BCUT2D eigenvalue weighted by molar-refractivity contribution is 7.91. The molecule has 2 N–H and O–H groups in total. The fraction of sp³-hybridized carbons (Fsp3) is 0.429. The summed E-state index contributed by atoms with van der Waals surface area (Å²) in [7, 11) is -3.54. The van der Waals surface area contributed by atoms with Crippen molar-refractivity contribution in [2.75, 3.05) is 19.6 Å². The molecule has 0 radical (unpaired) electrons. The van der Waals surface area contributed by atoms with Gasteiger partial charge in [0.1, 0.15) is 4.21 Å². The van der Waals surface area contributed by atoms with Gasteiger partial charge in [-0.25, -0.2) is 8.42 Å². The number of sulfonamides is 1. The van der Waals surface area contributed by atoms with Crippen molar-refractivity contribution in [2.24, 2.45) is 0 Å². The topological polar surface area (TPSA) is 95.6 Å². The SMILES string of the molecule is C=CCNC(=O)C(=O)NC[C@@H]1CCCN1S(=O)(=O)c1cccs1. The molecule has 0 aliphatic carbocycles. The number of carbonyl (C=O) groups is 2. The van der Waals surface area contributed by atoms with E-state index in [9.17, 15) is 18.0 Å². The lowest BCUT2D eigenvalue weighted by molar-refractivity contribution is -0.139. The molecule has 1 atom stereocenters. The second-order valence-electron chi connectivity index (χ2n) is 5.05. The molecule has 0 bridgehead atoms. The number of hydrogen-bond donors (Lipinski definition) is 2. The normalized spacial score (nSPS) is 18.5. The van der Waals surface area contributed by atoms with Crippen LogP contribution >= 0.6 is 11.3 Å². The number of nitrogens with one attached hydrogen (secondary N) is 2. The summed E-state index contributed by atoms with van der Waals surface area (Å²) in [5, 5.41) is 6.58. The Kier molecular flexibility index (Phi) is 5.91. The van der Waals surface area contributed by atoms with Crippen LogP contribution in [0.3, 0.4) is 0 Å². The number of nitrogens with zero attached hydrogens (tertiary/aromatic N) is 1. The van der Waals surface area contributed by atoms with Crippen LogP contribution in [0.5, 0.6) is 0 Å². The van der Waals surface area contributed by atoms with Gasteiger partial charge in [-0.05, 0) is 24.3 Å². The summed E-state index contributed by atoms with van der Waals surface area (Å²) in [5.74, 6) is -1.53. The molecule has 0 spiro atoms. The molecule has 0 saturated carbocycles. The number of rotatable bonds is 6. The van der Waals surface area contributed by atoms with E-state index < -0.39 is 21.8 Å². The molecule has 2 amide bonds. The van der Waals surface area contributed by atoms with Crippen LogP contribution in [0, 0.1) is 0 Å². The van der Waals surface area contributed by atoms with E-state index in [0.717, 1.165) is 6.42 Å². The Labute approximate surface area is 139 Å². The van der Waals surface area contributed by atoms with Crippen molar-refractivity contribution >= 4 is 33.2 Å². The van der Waals surface area contributed by atoms with E-state index in [1.807, 2.05) is 0 Å². The van der Waals surface area contributed by atoms with E-state index in [1.165, 1.54) is 21.7 Å². The van der Waals surface area contributed by atoms with Gasteiger partial charge in [0.05, 0.1) is 0 Å². The standard InChI is InChI=1S/C14H19N3O4S2/c1-2-7-15-13(18)14(19)16-10-11-5-3-8-17(11)23(20,21)12-6-4-9-22-12/h2,4,6,9,11H,1,3,5,7-8,10H2,(H,15,18)(H,16,19)/t11-/m0/s1. The Morgan fingerprint density at radius 3 is 2.78 bits per heavy atom. The smallest absolute Gasteiger partial charge is 0.309 e. The van der Waals surface area contributed by atoms with Crippen LogP contribution in [-0.2, 0) is 19.6 Å². The zero-order valence-corrected chi connectivity index (χ0v) is 14.2. The van der Waals surface area contributed by atoms with Crippen LogP contribution in [0.4, 0.5) is 0 Å². The minimum absolute atomic E-state index is 0.116. The van der Waals surface area contributed by atoms with Crippen molar-refractivity contribution in [3.05, 3.63) is 30.2 Å². The third kappa shape index (κ3) is 4.18. The lowest BCUT2D eigenvalue weighted by atomic mass is 10.2.